The van der Waals surface area contributed by atoms with Gasteiger partial charge >= 0.3 is 17.9 Å². The molecule has 0 N–H and O–H groups in total. The number of ether oxygens (including phenoxy) is 3. The second kappa shape index (κ2) is 57.6. The van der Waals surface area contributed by atoms with Crippen molar-refractivity contribution in [3.63, 3.8) is 0 Å². The lowest BCUT2D eigenvalue weighted by Gasteiger charge is -2.18. The molecule has 70 heavy (non-hydrogen) atoms. The molecule has 0 aromatic rings. The van der Waals surface area contributed by atoms with Crippen LogP contribution in [0.4, 0.5) is 0 Å². The predicted molar refractivity (Wildman–Crippen MR) is 302 cm³/mol. The van der Waals surface area contributed by atoms with E-state index in [2.05, 4.69) is 130 Å². The van der Waals surface area contributed by atoms with Gasteiger partial charge in [-0.2, -0.15) is 0 Å². The molecule has 0 aromatic carbocycles. The van der Waals surface area contributed by atoms with Gasteiger partial charge in [0.25, 0.3) is 0 Å². The summed E-state index contributed by atoms with van der Waals surface area (Å²) < 4.78 is 16.8. The molecule has 0 aromatic heterocycles. The molecule has 1 atom stereocenters. The number of esters is 3. The van der Waals surface area contributed by atoms with Crippen LogP contribution in [-0.4, -0.2) is 37.2 Å². The highest BCUT2D eigenvalue weighted by atomic mass is 16.6. The monoisotopic (exact) mass is 971 g/mol. The van der Waals surface area contributed by atoms with Crippen molar-refractivity contribution in [3.05, 3.63) is 109 Å². The van der Waals surface area contributed by atoms with Crippen LogP contribution in [0.1, 0.15) is 258 Å². The molecule has 0 rings (SSSR count). The first-order valence-corrected chi connectivity index (χ1v) is 28.9. The molecule has 398 valence electrons. The number of hydrogen-bond acceptors (Lipinski definition) is 6. The Labute approximate surface area is 431 Å². The minimum absolute atomic E-state index is 0.117. The van der Waals surface area contributed by atoms with Crippen molar-refractivity contribution in [1.29, 1.82) is 0 Å². The molecule has 6 nitrogen and oxygen atoms in total. The Morgan fingerprint density at radius 3 is 0.929 bits per heavy atom. The molecule has 0 unspecified atom stereocenters. The zero-order valence-electron chi connectivity index (χ0n) is 45.5. The highest BCUT2D eigenvalue weighted by Gasteiger charge is 2.19. The van der Waals surface area contributed by atoms with Gasteiger partial charge in [-0.3, -0.25) is 14.4 Å². The largest absolute Gasteiger partial charge is 0.462 e. The average molecular weight is 972 g/mol. The molecule has 6 heteroatoms. The Morgan fingerprint density at radius 1 is 0.300 bits per heavy atom. The van der Waals surface area contributed by atoms with E-state index < -0.39 is 6.10 Å². The Hall–Kier alpha value is -3.93. The van der Waals surface area contributed by atoms with E-state index in [0.29, 0.717) is 19.3 Å². The Bertz CT molecular complexity index is 1440. The summed E-state index contributed by atoms with van der Waals surface area (Å²) in [6, 6.07) is 0. The van der Waals surface area contributed by atoms with E-state index in [1.165, 1.54) is 122 Å². The molecule has 0 aliphatic rings. The van der Waals surface area contributed by atoms with Gasteiger partial charge < -0.3 is 14.2 Å². The fourth-order valence-corrected chi connectivity index (χ4v) is 7.71. The van der Waals surface area contributed by atoms with Gasteiger partial charge in [0.1, 0.15) is 13.2 Å². The van der Waals surface area contributed by atoms with E-state index in [-0.39, 0.29) is 44.0 Å². The molecule has 0 aliphatic heterocycles. The van der Waals surface area contributed by atoms with Crippen LogP contribution in [-0.2, 0) is 28.6 Å². The van der Waals surface area contributed by atoms with E-state index in [9.17, 15) is 14.4 Å². The molecule has 0 spiro atoms. The second-order valence-electron chi connectivity index (χ2n) is 18.8. The first kappa shape index (κ1) is 66.1. The quantitative estimate of drug-likeness (QED) is 0.0262. The van der Waals surface area contributed by atoms with Crippen LogP contribution in [0.3, 0.4) is 0 Å². The summed E-state index contributed by atoms with van der Waals surface area (Å²) in [5.74, 6) is -1.03. The molecule has 0 fully saturated rings. The summed E-state index contributed by atoms with van der Waals surface area (Å²) in [7, 11) is 0. The minimum Gasteiger partial charge on any atom is -0.462 e. The van der Waals surface area contributed by atoms with Crippen LogP contribution in [0, 0.1) is 0 Å². The molecular formula is C64H106O6. The molecule has 0 saturated heterocycles. The Balaban J connectivity index is 4.54. The van der Waals surface area contributed by atoms with E-state index in [4.69, 9.17) is 14.2 Å². The first-order valence-electron chi connectivity index (χ1n) is 28.9. The summed E-state index contributed by atoms with van der Waals surface area (Å²) in [4.78, 5) is 38.1. The van der Waals surface area contributed by atoms with Gasteiger partial charge in [-0.1, -0.05) is 252 Å². The van der Waals surface area contributed by atoms with Crippen LogP contribution in [0.25, 0.3) is 0 Å². The highest BCUT2D eigenvalue weighted by molar-refractivity contribution is 5.71. The van der Waals surface area contributed by atoms with E-state index in [1.54, 1.807) is 0 Å². The number of carbonyl (C=O) groups is 3. The number of rotatable bonds is 51. The zero-order chi connectivity index (χ0) is 50.7. The average Bonchev–Trinajstić information content (AvgIpc) is 3.36. The molecule has 0 bridgehead atoms. The van der Waals surface area contributed by atoms with Gasteiger partial charge in [0, 0.05) is 19.3 Å². The number of carbonyl (C=O) groups excluding carboxylic acids is 3. The summed E-state index contributed by atoms with van der Waals surface area (Å²) in [5, 5.41) is 0. The molecule has 0 heterocycles. The smallest absolute Gasteiger partial charge is 0.306 e. The van der Waals surface area contributed by atoms with E-state index in [1.807, 2.05) is 0 Å². The molecule has 0 amide bonds. The number of allylic oxidation sites excluding steroid dienone is 18. The molecule has 0 aliphatic carbocycles. The number of hydrogen-bond donors (Lipinski definition) is 0. The van der Waals surface area contributed by atoms with Crippen LogP contribution < -0.4 is 0 Å². The highest BCUT2D eigenvalue weighted by Crippen LogP contribution is 2.15. The van der Waals surface area contributed by atoms with Crippen molar-refractivity contribution in [3.8, 4) is 0 Å². The van der Waals surface area contributed by atoms with Gasteiger partial charge in [-0.15, -0.1) is 0 Å². The lowest BCUT2D eigenvalue weighted by molar-refractivity contribution is -0.167. The summed E-state index contributed by atoms with van der Waals surface area (Å²) in [6.45, 7) is 6.41. The van der Waals surface area contributed by atoms with Crippen molar-refractivity contribution >= 4 is 17.9 Å². The van der Waals surface area contributed by atoms with E-state index in [0.717, 1.165) is 83.5 Å². The summed E-state index contributed by atoms with van der Waals surface area (Å²) in [6.07, 6.45) is 78.0. The SMILES string of the molecule is CC/C=C\C/C=C\C/C=C\C/C=C\C/C=C\CCCC(=O)O[C@H](COC(=O)CCC/C=C\C/C=C\C/C=C\C/C=C\CCCCC)COC(=O)CCCCCCCCCCCCCCCCCCCC. The lowest BCUT2D eigenvalue weighted by Crippen LogP contribution is -2.30. The maximum Gasteiger partial charge on any atom is 0.306 e. The van der Waals surface area contributed by atoms with Gasteiger partial charge in [0.2, 0.25) is 0 Å². The van der Waals surface area contributed by atoms with Gasteiger partial charge in [0.15, 0.2) is 6.10 Å². The first-order chi connectivity index (χ1) is 34.5. The van der Waals surface area contributed by atoms with Gasteiger partial charge in [-0.05, 0) is 96.3 Å². The van der Waals surface area contributed by atoms with Crippen molar-refractivity contribution < 1.29 is 28.6 Å². The number of unbranched alkanes of at least 4 members (excludes halogenated alkanes) is 22. The van der Waals surface area contributed by atoms with Crippen LogP contribution in [0.2, 0.25) is 0 Å². The topological polar surface area (TPSA) is 78.9 Å². The van der Waals surface area contributed by atoms with Crippen molar-refractivity contribution in [1.82, 2.24) is 0 Å². The minimum atomic E-state index is -0.831. The summed E-state index contributed by atoms with van der Waals surface area (Å²) >= 11 is 0. The van der Waals surface area contributed by atoms with Crippen molar-refractivity contribution in [2.75, 3.05) is 13.2 Å². The third-order valence-corrected chi connectivity index (χ3v) is 12.0. The molecule has 0 saturated carbocycles. The van der Waals surface area contributed by atoms with Crippen LogP contribution >= 0.6 is 0 Å². The predicted octanol–water partition coefficient (Wildman–Crippen LogP) is 19.5. The van der Waals surface area contributed by atoms with Crippen molar-refractivity contribution in [2.45, 2.75) is 264 Å². The normalized spacial score (nSPS) is 12.9. The fraction of sp³-hybridized carbons (Fsp3) is 0.672. The standard InChI is InChI=1S/C64H106O6/c1-4-7-10-13-16-19-22-25-28-31-34-36-39-42-45-48-51-54-57-63(66)69-60-61(70-64(67)58-55-52-49-46-43-40-37-33-30-27-24-21-18-15-12-9-6-3)59-68-62(65)56-53-50-47-44-41-38-35-32-29-26-23-20-17-14-11-8-5-2/h9,12,17-18,20-21,26-27,29-30,35,37-38,40,44,46-47,49,61H,4-8,10-11,13-16,19,22-25,28,31-34,36,39,41-43,45,48,50-60H2,1-3H3/b12-9-,20-17-,21-18-,29-26-,30-27-,38-35-,40-37-,47-44-,49-46-/t61-/m1/s1. The third-order valence-electron chi connectivity index (χ3n) is 12.0. The second-order valence-corrected chi connectivity index (χ2v) is 18.8. The Morgan fingerprint density at radius 2 is 0.571 bits per heavy atom. The Kier molecular flexibility index (Phi) is 54.4. The lowest BCUT2D eigenvalue weighted by atomic mass is 10.0. The van der Waals surface area contributed by atoms with E-state index >= 15 is 0 Å². The van der Waals surface area contributed by atoms with Crippen LogP contribution in [0.15, 0.2) is 109 Å². The van der Waals surface area contributed by atoms with Gasteiger partial charge in [0.05, 0.1) is 0 Å². The van der Waals surface area contributed by atoms with Gasteiger partial charge in [-0.25, -0.2) is 0 Å². The maximum absolute atomic E-state index is 12.8. The fourth-order valence-electron chi connectivity index (χ4n) is 7.71. The van der Waals surface area contributed by atoms with Crippen molar-refractivity contribution in [2.24, 2.45) is 0 Å². The molecular weight excluding hydrogens is 865 g/mol. The third kappa shape index (κ3) is 55.0. The van der Waals surface area contributed by atoms with Crippen LogP contribution in [0.5, 0.6) is 0 Å². The molecule has 0 radical (unpaired) electrons. The maximum atomic E-state index is 12.8. The summed E-state index contributed by atoms with van der Waals surface area (Å²) in [5.41, 5.74) is 0. The zero-order valence-corrected chi connectivity index (χ0v) is 45.5.